The molecule has 0 radical (unpaired) electrons. The van der Waals surface area contributed by atoms with Gasteiger partial charge in [-0.25, -0.2) is 4.79 Å². The number of aromatic carboxylic acids is 1. The van der Waals surface area contributed by atoms with Gasteiger partial charge in [0.25, 0.3) is 0 Å². The van der Waals surface area contributed by atoms with Crippen LogP contribution in [0.4, 0.5) is 11.4 Å². The smallest absolute Gasteiger partial charge is 0.337 e. The van der Waals surface area contributed by atoms with Gasteiger partial charge in [-0.05, 0) is 30.4 Å². The van der Waals surface area contributed by atoms with Gasteiger partial charge in [0, 0.05) is 12.2 Å². The highest BCUT2D eigenvalue weighted by Gasteiger charge is 2.32. The lowest BCUT2D eigenvalue weighted by atomic mass is 10.1. The number of anilines is 2. The molecule has 0 heterocycles. The predicted octanol–water partition coefficient (Wildman–Crippen LogP) is 2.69. The fraction of sp³-hybridized carbons (Fsp3) is 0.417. The van der Waals surface area contributed by atoms with Gasteiger partial charge in [-0.1, -0.05) is 18.5 Å². The van der Waals surface area contributed by atoms with Crippen molar-refractivity contribution in [1.29, 1.82) is 0 Å². The van der Waals surface area contributed by atoms with Gasteiger partial charge >= 0.3 is 5.97 Å². The molecular weight excluding hydrogens is 240 g/mol. The van der Waals surface area contributed by atoms with Crippen LogP contribution in [-0.4, -0.2) is 17.6 Å². The number of benzene rings is 1. The summed E-state index contributed by atoms with van der Waals surface area (Å²) >= 11 is 6.01. The van der Waals surface area contributed by atoms with Crippen molar-refractivity contribution in [3.63, 3.8) is 0 Å². The summed E-state index contributed by atoms with van der Waals surface area (Å²) in [6, 6.07) is 2.99. The first-order valence-electron chi connectivity index (χ1n) is 5.55. The van der Waals surface area contributed by atoms with Gasteiger partial charge in [-0.15, -0.1) is 0 Å². The zero-order chi connectivity index (χ0) is 12.6. The minimum Gasteiger partial charge on any atom is -0.478 e. The normalized spacial score (nSPS) is 22.2. The standard InChI is InChI=1S/C12H15ClN2O2/c1-6-2-7(6)5-15-11-9(12(16)17)3-8(14)4-10(11)13/h3-4,6-7,15H,2,5,14H2,1H3,(H,16,17). The third kappa shape index (κ3) is 2.64. The van der Waals surface area contributed by atoms with E-state index in [9.17, 15) is 4.79 Å². The number of carboxylic acids is 1. The van der Waals surface area contributed by atoms with Crippen LogP contribution in [-0.2, 0) is 0 Å². The average Bonchev–Trinajstić information content (AvgIpc) is 2.92. The van der Waals surface area contributed by atoms with Gasteiger partial charge in [0.1, 0.15) is 0 Å². The van der Waals surface area contributed by atoms with Crippen LogP contribution < -0.4 is 11.1 Å². The van der Waals surface area contributed by atoms with Crippen molar-refractivity contribution in [2.75, 3.05) is 17.6 Å². The molecular formula is C12H15ClN2O2. The molecule has 0 bridgehead atoms. The van der Waals surface area contributed by atoms with Crippen molar-refractivity contribution in [3.05, 3.63) is 22.7 Å². The van der Waals surface area contributed by atoms with Crippen LogP contribution in [0.25, 0.3) is 0 Å². The largest absolute Gasteiger partial charge is 0.478 e. The lowest BCUT2D eigenvalue weighted by Crippen LogP contribution is -2.10. The maximum absolute atomic E-state index is 11.1. The van der Waals surface area contributed by atoms with E-state index in [1.165, 1.54) is 12.5 Å². The lowest BCUT2D eigenvalue weighted by molar-refractivity contribution is 0.0698. The molecule has 1 aliphatic carbocycles. The molecule has 1 fully saturated rings. The van der Waals surface area contributed by atoms with E-state index >= 15 is 0 Å². The molecule has 1 aliphatic rings. The Morgan fingerprint density at radius 3 is 2.82 bits per heavy atom. The Bertz CT molecular complexity index is 462. The fourth-order valence-electron chi connectivity index (χ4n) is 1.89. The molecule has 0 aliphatic heterocycles. The summed E-state index contributed by atoms with van der Waals surface area (Å²) in [5.74, 6) is 0.305. The molecule has 1 aromatic carbocycles. The first kappa shape index (κ1) is 12.0. The first-order chi connectivity index (χ1) is 7.99. The van der Waals surface area contributed by atoms with Crippen LogP contribution in [0.2, 0.25) is 5.02 Å². The SMILES string of the molecule is CC1CC1CNc1c(Cl)cc(N)cc1C(=O)O. The third-order valence-electron chi connectivity index (χ3n) is 3.16. The van der Waals surface area contributed by atoms with E-state index in [0.717, 1.165) is 6.54 Å². The summed E-state index contributed by atoms with van der Waals surface area (Å²) in [7, 11) is 0. The van der Waals surface area contributed by atoms with Gasteiger partial charge in [0.05, 0.1) is 16.3 Å². The Hall–Kier alpha value is -1.42. The van der Waals surface area contributed by atoms with Crippen molar-refractivity contribution < 1.29 is 9.90 Å². The number of hydrogen-bond acceptors (Lipinski definition) is 3. The Kier molecular flexibility index (Phi) is 3.15. The molecule has 17 heavy (non-hydrogen) atoms. The van der Waals surface area contributed by atoms with Gasteiger partial charge in [0.15, 0.2) is 0 Å². The lowest BCUT2D eigenvalue weighted by Gasteiger charge is -2.12. The van der Waals surface area contributed by atoms with Gasteiger partial charge in [-0.2, -0.15) is 0 Å². The second-order valence-corrected chi connectivity index (χ2v) is 4.99. The highest BCUT2D eigenvalue weighted by Crippen LogP contribution is 2.38. The molecule has 2 atom stereocenters. The number of carbonyl (C=O) groups is 1. The van der Waals surface area contributed by atoms with E-state index in [0.29, 0.717) is 28.2 Å². The minimum atomic E-state index is -1.02. The molecule has 2 rings (SSSR count). The van der Waals surface area contributed by atoms with Crippen LogP contribution in [0, 0.1) is 11.8 Å². The summed E-state index contributed by atoms with van der Waals surface area (Å²) in [5.41, 5.74) is 6.53. The van der Waals surface area contributed by atoms with Crippen LogP contribution >= 0.6 is 11.6 Å². The summed E-state index contributed by atoms with van der Waals surface area (Å²) < 4.78 is 0. The van der Waals surface area contributed by atoms with Gasteiger partial charge < -0.3 is 16.2 Å². The molecule has 4 nitrogen and oxygen atoms in total. The van der Waals surface area contributed by atoms with Crippen LogP contribution in [0.15, 0.2) is 12.1 Å². The Balaban J connectivity index is 2.21. The Morgan fingerprint density at radius 2 is 2.29 bits per heavy atom. The Morgan fingerprint density at radius 1 is 1.65 bits per heavy atom. The quantitative estimate of drug-likeness (QED) is 0.722. The number of nitrogen functional groups attached to an aromatic ring is 1. The number of carboxylic acid groups (broad SMARTS) is 1. The second-order valence-electron chi connectivity index (χ2n) is 4.58. The first-order valence-corrected chi connectivity index (χ1v) is 5.93. The summed E-state index contributed by atoms with van der Waals surface area (Å²) in [4.78, 5) is 11.1. The zero-order valence-corrected chi connectivity index (χ0v) is 10.3. The molecule has 1 aromatic rings. The fourth-order valence-corrected chi connectivity index (χ4v) is 2.19. The number of nitrogens with one attached hydrogen (secondary N) is 1. The monoisotopic (exact) mass is 254 g/mol. The number of halogens is 1. The van der Waals surface area contributed by atoms with Crippen molar-refractivity contribution >= 4 is 28.9 Å². The maximum Gasteiger partial charge on any atom is 0.337 e. The third-order valence-corrected chi connectivity index (χ3v) is 3.46. The molecule has 2 unspecified atom stereocenters. The molecule has 0 spiro atoms. The van der Waals surface area contributed by atoms with Gasteiger partial charge in [0.2, 0.25) is 0 Å². The average molecular weight is 255 g/mol. The van der Waals surface area contributed by atoms with E-state index in [1.807, 2.05) is 0 Å². The Labute approximate surface area is 105 Å². The molecule has 0 amide bonds. The van der Waals surface area contributed by atoms with Crippen LogP contribution in [0.3, 0.4) is 0 Å². The topological polar surface area (TPSA) is 75.3 Å². The maximum atomic E-state index is 11.1. The van der Waals surface area contributed by atoms with E-state index in [1.54, 1.807) is 6.07 Å². The highest BCUT2D eigenvalue weighted by atomic mass is 35.5. The van der Waals surface area contributed by atoms with Crippen LogP contribution in [0.5, 0.6) is 0 Å². The highest BCUT2D eigenvalue weighted by molar-refractivity contribution is 6.34. The van der Waals surface area contributed by atoms with E-state index in [-0.39, 0.29) is 5.56 Å². The molecule has 92 valence electrons. The van der Waals surface area contributed by atoms with Crippen LogP contribution in [0.1, 0.15) is 23.7 Å². The number of rotatable bonds is 4. The molecule has 0 saturated heterocycles. The summed E-state index contributed by atoms with van der Waals surface area (Å²) in [6.45, 7) is 2.93. The second kappa shape index (κ2) is 4.45. The number of hydrogen-bond donors (Lipinski definition) is 3. The predicted molar refractivity (Wildman–Crippen MR) is 68.6 cm³/mol. The van der Waals surface area contributed by atoms with E-state index in [2.05, 4.69) is 12.2 Å². The minimum absolute atomic E-state index is 0.128. The molecule has 1 saturated carbocycles. The van der Waals surface area contributed by atoms with Crippen molar-refractivity contribution in [1.82, 2.24) is 0 Å². The van der Waals surface area contributed by atoms with Crippen molar-refractivity contribution in [2.45, 2.75) is 13.3 Å². The number of nitrogens with two attached hydrogens (primary N) is 1. The van der Waals surface area contributed by atoms with E-state index < -0.39 is 5.97 Å². The van der Waals surface area contributed by atoms with Crippen molar-refractivity contribution in [2.24, 2.45) is 11.8 Å². The molecule has 0 aromatic heterocycles. The summed E-state index contributed by atoms with van der Waals surface area (Å²) in [6.07, 6.45) is 1.18. The zero-order valence-electron chi connectivity index (χ0n) is 9.53. The van der Waals surface area contributed by atoms with Gasteiger partial charge in [-0.3, -0.25) is 0 Å². The summed E-state index contributed by atoms with van der Waals surface area (Å²) in [5, 5.41) is 12.6. The molecule has 5 heteroatoms. The molecule has 4 N–H and O–H groups in total. The van der Waals surface area contributed by atoms with E-state index in [4.69, 9.17) is 22.4 Å². The van der Waals surface area contributed by atoms with Crippen molar-refractivity contribution in [3.8, 4) is 0 Å².